The van der Waals surface area contributed by atoms with Crippen LogP contribution in [0.3, 0.4) is 0 Å². The normalized spacial score (nSPS) is 14.3. The Kier molecular flexibility index (Phi) is 5.99. The summed E-state index contributed by atoms with van der Waals surface area (Å²) in [4.78, 5) is 14.1. The van der Waals surface area contributed by atoms with Crippen molar-refractivity contribution in [1.29, 1.82) is 0 Å². The standard InChI is InChI=1S/C19H15Cl2N3O5S3/c20-13-9-15(23-32(28,29)19-2-1-7-30-19)17(10-14(13)21)24-16-5-4-12(31(22,26)27)8-11(16)3-6-18(24)25/h1-2,4-5,7-10,23H,3,6H2,(H2,22,26,27). The van der Waals surface area contributed by atoms with Crippen LogP contribution in [0.2, 0.25) is 10.0 Å². The molecule has 4 rings (SSSR count). The van der Waals surface area contributed by atoms with Crippen molar-refractivity contribution in [2.45, 2.75) is 21.9 Å². The van der Waals surface area contributed by atoms with Gasteiger partial charge >= 0.3 is 0 Å². The number of sulfonamides is 2. The first-order valence-electron chi connectivity index (χ1n) is 9.01. The van der Waals surface area contributed by atoms with Crippen molar-refractivity contribution in [2.75, 3.05) is 9.62 Å². The Bertz CT molecular complexity index is 1440. The number of carbonyl (C=O) groups is 1. The van der Waals surface area contributed by atoms with Gasteiger partial charge < -0.3 is 0 Å². The molecule has 2 heterocycles. The molecule has 0 spiro atoms. The number of carbonyl (C=O) groups excluding carboxylic acids is 1. The molecule has 0 fully saturated rings. The Balaban J connectivity index is 1.87. The predicted molar refractivity (Wildman–Crippen MR) is 125 cm³/mol. The zero-order valence-corrected chi connectivity index (χ0v) is 20.0. The number of aryl methyl sites for hydroxylation is 1. The molecular weight excluding hydrogens is 517 g/mol. The first-order chi connectivity index (χ1) is 15.0. The number of thiophene rings is 1. The van der Waals surface area contributed by atoms with Gasteiger partial charge in [-0.25, -0.2) is 22.0 Å². The maximum Gasteiger partial charge on any atom is 0.271 e. The third-order valence-electron chi connectivity index (χ3n) is 4.76. The number of anilines is 3. The molecule has 32 heavy (non-hydrogen) atoms. The SMILES string of the molecule is NS(=O)(=O)c1ccc2c(c1)CCC(=O)N2c1cc(Cl)c(Cl)cc1NS(=O)(=O)c1cccs1. The molecule has 1 aromatic heterocycles. The average Bonchev–Trinajstić information content (AvgIpc) is 3.26. The van der Waals surface area contributed by atoms with E-state index in [0.717, 1.165) is 11.3 Å². The summed E-state index contributed by atoms with van der Waals surface area (Å²) in [5.74, 6) is -0.323. The fourth-order valence-corrected chi connectivity index (χ4v) is 6.27. The first-order valence-corrected chi connectivity index (χ1v) is 13.7. The van der Waals surface area contributed by atoms with Crippen molar-refractivity contribution in [1.82, 2.24) is 0 Å². The molecule has 0 saturated heterocycles. The second-order valence-electron chi connectivity index (χ2n) is 6.89. The molecule has 8 nitrogen and oxygen atoms in total. The van der Waals surface area contributed by atoms with E-state index in [1.807, 2.05) is 0 Å². The van der Waals surface area contributed by atoms with E-state index in [9.17, 15) is 21.6 Å². The van der Waals surface area contributed by atoms with E-state index in [2.05, 4.69) is 4.72 Å². The fraction of sp³-hybridized carbons (Fsp3) is 0.105. The number of hydrogen-bond acceptors (Lipinski definition) is 6. The van der Waals surface area contributed by atoms with E-state index in [0.29, 0.717) is 17.7 Å². The summed E-state index contributed by atoms with van der Waals surface area (Å²) in [7, 11) is -7.88. The summed E-state index contributed by atoms with van der Waals surface area (Å²) < 4.78 is 51.6. The van der Waals surface area contributed by atoms with Gasteiger partial charge in [-0.2, -0.15) is 0 Å². The Morgan fingerprint density at radius 1 is 0.969 bits per heavy atom. The van der Waals surface area contributed by atoms with Crippen molar-refractivity contribution in [3.05, 3.63) is 63.5 Å². The van der Waals surface area contributed by atoms with E-state index in [-0.39, 0.29) is 42.9 Å². The van der Waals surface area contributed by atoms with E-state index in [4.69, 9.17) is 28.3 Å². The summed E-state index contributed by atoms with van der Waals surface area (Å²) >= 11 is 13.4. The monoisotopic (exact) mass is 531 g/mol. The van der Waals surface area contributed by atoms with Crippen LogP contribution in [-0.2, 0) is 31.3 Å². The number of amides is 1. The predicted octanol–water partition coefficient (Wildman–Crippen LogP) is 4.11. The number of rotatable bonds is 5. The van der Waals surface area contributed by atoms with E-state index in [1.54, 1.807) is 11.4 Å². The van der Waals surface area contributed by atoms with Crippen LogP contribution in [0.1, 0.15) is 12.0 Å². The van der Waals surface area contributed by atoms with Crippen LogP contribution >= 0.6 is 34.5 Å². The third-order valence-corrected chi connectivity index (χ3v) is 9.16. The smallest absolute Gasteiger partial charge is 0.271 e. The minimum atomic E-state index is -3.95. The van der Waals surface area contributed by atoms with Gasteiger partial charge in [-0.15, -0.1) is 11.3 Å². The number of hydrogen-bond donors (Lipinski definition) is 2. The van der Waals surface area contributed by atoms with Crippen LogP contribution in [0.4, 0.5) is 17.1 Å². The summed E-state index contributed by atoms with van der Waals surface area (Å²) in [6.45, 7) is 0. The average molecular weight is 532 g/mol. The number of primary sulfonamides is 1. The van der Waals surface area contributed by atoms with Crippen molar-refractivity contribution in [3.8, 4) is 0 Å². The molecule has 0 bridgehead atoms. The molecule has 13 heteroatoms. The lowest BCUT2D eigenvalue weighted by Crippen LogP contribution is -2.32. The topological polar surface area (TPSA) is 127 Å². The van der Waals surface area contributed by atoms with Gasteiger partial charge in [0.1, 0.15) is 4.21 Å². The Morgan fingerprint density at radius 2 is 1.69 bits per heavy atom. The summed E-state index contributed by atoms with van der Waals surface area (Å²) in [5, 5.41) is 7.05. The van der Waals surface area contributed by atoms with Crippen LogP contribution < -0.4 is 14.8 Å². The van der Waals surface area contributed by atoms with Gasteiger partial charge in [0.15, 0.2) is 0 Å². The van der Waals surface area contributed by atoms with Gasteiger partial charge in [0.2, 0.25) is 15.9 Å². The van der Waals surface area contributed by atoms with Crippen molar-refractivity contribution in [3.63, 3.8) is 0 Å². The highest BCUT2D eigenvalue weighted by molar-refractivity contribution is 7.94. The largest absolute Gasteiger partial charge is 0.279 e. The maximum atomic E-state index is 12.9. The number of nitrogens with two attached hydrogens (primary N) is 1. The molecule has 0 radical (unpaired) electrons. The zero-order chi connectivity index (χ0) is 23.3. The molecule has 0 atom stereocenters. The maximum absolute atomic E-state index is 12.9. The lowest BCUT2D eigenvalue weighted by Gasteiger charge is -2.31. The van der Waals surface area contributed by atoms with Crippen LogP contribution in [0.5, 0.6) is 0 Å². The van der Waals surface area contributed by atoms with Gasteiger partial charge in [-0.05, 0) is 53.8 Å². The van der Waals surface area contributed by atoms with Crippen LogP contribution in [0.25, 0.3) is 0 Å². The lowest BCUT2D eigenvalue weighted by molar-refractivity contribution is -0.118. The molecule has 1 aliphatic rings. The molecule has 1 amide bonds. The van der Waals surface area contributed by atoms with E-state index < -0.39 is 20.0 Å². The Hall–Kier alpha value is -2.15. The van der Waals surface area contributed by atoms with Gasteiger partial charge in [0.05, 0.1) is 32.0 Å². The first kappa shape index (κ1) is 23.0. The summed E-state index contributed by atoms with van der Waals surface area (Å²) in [6, 6.07) is 9.89. The lowest BCUT2D eigenvalue weighted by atomic mass is 10.00. The van der Waals surface area contributed by atoms with Gasteiger partial charge in [-0.3, -0.25) is 14.4 Å². The molecule has 0 saturated carbocycles. The quantitative estimate of drug-likeness (QED) is 0.511. The Morgan fingerprint density at radius 3 is 2.34 bits per heavy atom. The minimum absolute atomic E-state index is 0.0459. The molecule has 0 unspecified atom stereocenters. The number of fused-ring (bicyclic) bond motifs is 1. The van der Waals surface area contributed by atoms with Crippen LogP contribution in [-0.4, -0.2) is 22.7 Å². The highest BCUT2D eigenvalue weighted by Gasteiger charge is 2.30. The number of halogens is 2. The molecule has 3 aromatic rings. The molecular formula is C19H15Cl2N3O5S3. The van der Waals surface area contributed by atoms with Gasteiger partial charge in [0.25, 0.3) is 10.0 Å². The highest BCUT2D eigenvalue weighted by atomic mass is 35.5. The van der Waals surface area contributed by atoms with Crippen LogP contribution in [0, 0.1) is 0 Å². The van der Waals surface area contributed by atoms with Gasteiger partial charge in [-0.1, -0.05) is 29.3 Å². The fourth-order valence-electron chi connectivity index (χ4n) is 3.32. The summed E-state index contributed by atoms with van der Waals surface area (Å²) in [5.41, 5.74) is 1.16. The second-order valence-corrected chi connectivity index (χ2v) is 12.1. The Labute approximate surface area is 198 Å². The molecule has 1 aliphatic heterocycles. The zero-order valence-electron chi connectivity index (χ0n) is 16.1. The minimum Gasteiger partial charge on any atom is -0.279 e. The van der Waals surface area contributed by atoms with Gasteiger partial charge in [0, 0.05) is 6.42 Å². The third kappa shape index (κ3) is 4.36. The summed E-state index contributed by atoms with van der Waals surface area (Å²) in [6.07, 6.45) is 0.365. The second kappa shape index (κ2) is 8.32. The molecule has 0 aliphatic carbocycles. The van der Waals surface area contributed by atoms with E-state index >= 15 is 0 Å². The highest BCUT2D eigenvalue weighted by Crippen LogP contribution is 2.43. The van der Waals surface area contributed by atoms with Crippen LogP contribution in [0.15, 0.2) is 56.9 Å². The van der Waals surface area contributed by atoms with Crippen molar-refractivity contribution in [2.24, 2.45) is 5.14 Å². The molecule has 168 valence electrons. The number of nitrogens with one attached hydrogen (secondary N) is 1. The molecule has 2 aromatic carbocycles. The van der Waals surface area contributed by atoms with Crippen molar-refractivity contribution >= 4 is 77.6 Å². The van der Waals surface area contributed by atoms with E-state index in [1.165, 1.54) is 41.3 Å². The molecule has 3 N–H and O–H groups in total. The number of benzene rings is 2. The number of nitrogens with zero attached hydrogens (tertiary/aromatic N) is 1. The van der Waals surface area contributed by atoms with Crippen molar-refractivity contribution < 1.29 is 21.6 Å².